The van der Waals surface area contributed by atoms with E-state index < -0.39 is 5.97 Å². The average molecular weight is 562 g/mol. The third-order valence-corrected chi connectivity index (χ3v) is 6.54. The van der Waals surface area contributed by atoms with Crippen LogP contribution in [-0.2, 0) is 22.6 Å². The molecule has 0 fully saturated rings. The van der Waals surface area contributed by atoms with Crippen LogP contribution in [0.5, 0.6) is 11.5 Å². The number of hydrogen-bond donors (Lipinski definition) is 2. The van der Waals surface area contributed by atoms with E-state index in [-0.39, 0.29) is 41.3 Å². The lowest BCUT2D eigenvalue weighted by Crippen LogP contribution is -2.25. The van der Waals surface area contributed by atoms with E-state index in [1.165, 1.54) is 38.1 Å². The van der Waals surface area contributed by atoms with Crippen molar-refractivity contribution in [3.8, 4) is 11.5 Å². The predicted molar refractivity (Wildman–Crippen MR) is 143 cm³/mol. The lowest BCUT2D eigenvalue weighted by atomic mass is 10.2. The van der Waals surface area contributed by atoms with Crippen molar-refractivity contribution >= 4 is 46.8 Å². The highest BCUT2D eigenvalue weighted by molar-refractivity contribution is 7.99. The number of thioether (sulfide) groups is 1. The number of methoxy groups -OCH3 is 2. The third-order valence-electron chi connectivity index (χ3n) is 5.24. The number of aromatic nitrogens is 3. The van der Waals surface area contributed by atoms with E-state index in [2.05, 4.69) is 20.8 Å². The third kappa shape index (κ3) is 7.17. The Morgan fingerprint density at radius 2 is 1.79 bits per heavy atom. The molecule has 0 saturated heterocycles. The second kappa shape index (κ2) is 13.7. The molecular formula is C25H28ClN5O6S. The van der Waals surface area contributed by atoms with E-state index in [0.717, 1.165) is 0 Å². The fourth-order valence-electron chi connectivity index (χ4n) is 3.41. The number of carbonyl (C=O) groups is 3. The first-order chi connectivity index (χ1) is 18.3. The first-order valence-corrected chi connectivity index (χ1v) is 13.0. The standard InChI is InChI=1S/C25H28ClN5O6S/c1-5-31-21(13-27-23(33)15-7-10-19(35-3)20(11-15)36-4)29-30-25(31)38-14-22(32)28-16-8-9-18(26)17(12-16)24(34)37-6-2/h7-12H,5-6,13-14H2,1-4H3,(H,27,33)(H,28,32). The molecule has 0 saturated carbocycles. The van der Waals surface area contributed by atoms with Crippen molar-refractivity contribution < 1.29 is 28.6 Å². The molecule has 38 heavy (non-hydrogen) atoms. The minimum absolute atomic E-state index is 0.0491. The number of esters is 1. The molecule has 2 N–H and O–H groups in total. The SMILES string of the molecule is CCOC(=O)c1cc(NC(=O)CSc2nnc(CNC(=O)c3ccc(OC)c(OC)c3)n2CC)ccc1Cl. The van der Waals surface area contributed by atoms with E-state index in [9.17, 15) is 14.4 Å². The van der Waals surface area contributed by atoms with Crippen molar-refractivity contribution in [1.82, 2.24) is 20.1 Å². The Morgan fingerprint density at radius 1 is 1.03 bits per heavy atom. The Hall–Kier alpha value is -3.77. The molecule has 3 rings (SSSR count). The van der Waals surface area contributed by atoms with Crippen LogP contribution in [0.2, 0.25) is 5.02 Å². The van der Waals surface area contributed by atoms with Gasteiger partial charge in [-0.2, -0.15) is 0 Å². The van der Waals surface area contributed by atoms with Crippen LogP contribution < -0.4 is 20.1 Å². The van der Waals surface area contributed by atoms with Gasteiger partial charge in [0.1, 0.15) is 0 Å². The maximum atomic E-state index is 12.6. The number of carbonyl (C=O) groups excluding carboxylic acids is 3. The molecule has 0 bridgehead atoms. The van der Waals surface area contributed by atoms with Crippen LogP contribution >= 0.6 is 23.4 Å². The number of amides is 2. The van der Waals surface area contributed by atoms with Crippen LogP contribution in [0.4, 0.5) is 5.69 Å². The van der Waals surface area contributed by atoms with Gasteiger partial charge in [0, 0.05) is 17.8 Å². The van der Waals surface area contributed by atoms with Crippen LogP contribution in [0.15, 0.2) is 41.6 Å². The normalized spacial score (nSPS) is 10.6. The molecule has 202 valence electrons. The number of nitrogens with one attached hydrogen (secondary N) is 2. The topological polar surface area (TPSA) is 134 Å². The molecule has 0 aliphatic carbocycles. The number of rotatable bonds is 12. The zero-order valence-corrected chi connectivity index (χ0v) is 22.9. The van der Waals surface area contributed by atoms with Crippen molar-refractivity contribution in [3.05, 3.63) is 58.4 Å². The van der Waals surface area contributed by atoms with Crippen LogP contribution in [0, 0.1) is 0 Å². The van der Waals surface area contributed by atoms with Gasteiger partial charge in [0.2, 0.25) is 5.91 Å². The summed E-state index contributed by atoms with van der Waals surface area (Å²) >= 11 is 7.27. The van der Waals surface area contributed by atoms with E-state index in [1.807, 2.05) is 11.5 Å². The second-order valence-electron chi connectivity index (χ2n) is 7.65. The van der Waals surface area contributed by atoms with Gasteiger partial charge in [0.05, 0.1) is 43.7 Å². The highest BCUT2D eigenvalue weighted by Gasteiger charge is 2.17. The molecule has 0 aliphatic rings. The monoisotopic (exact) mass is 561 g/mol. The van der Waals surface area contributed by atoms with Gasteiger partial charge in [-0.05, 0) is 50.2 Å². The summed E-state index contributed by atoms with van der Waals surface area (Å²) in [5.74, 6) is 0.385. The minimum atomic E-state index is -0.565. The second-order valence-corrected chi connectivity index (χ2v) is 9.00. The van der Waals surface area contributed by atoms with Gasteiger partial charge in [-0.25, -0.2) is 4.79 Å². The Morgan fingerprint density at radius 3 is 2.47 bits per heavy atom. The van der Waals surface area contributed by atoms with Gasteiger partial charge < -0.3 is 29.4 Å². The van der Waals surface area contributed by atoms with Gasteiger partial charge in [-0.3, -0.25) is 9.59 Å². The first-order valence-electron chi connectivity index (χ1n) is 11.6. The molecule has 2 aromatic carbocycles. The highest BCUT2D eigenvalue weighted by atomic mass is 35.5. The molecule has 11 nitrogen and oxygen atoms in total. The smallest absolute Gasteiger partial charge is 0.339 e. The summed E-state index contributed by atoms with van der Waals surface area (Å²) in [5, 5.41) is 14.7. The molecule has 3 aromatic rings. The maximum Gasteiger partial charge on any atom is 0.339 e. The van der Waals surface area contributed by atoms with Gasteiger partial charge in [-0.15, -0.1) is 10.2 Å². The average Bonchev–Trinajstić information content (AvgIpc) is 3.32. The van der Waals surface area contributed by atoms with Crippen LogP contribution in [-0.4, -0.2) is 59.1 Å². The fourth-order valence-corrected chi connectivity index (χ4v) is 4.42. The molecule has 13 heteroatoms. The predicted octanol–water partition coefficient (Wildman–Crippen LogP) is 3.81. The summed E-state index contributed by atoms with van der Waals surface area (Å²) < 4.78 is 17.3. The number of hydrogen-bond acceptors (Lipinski definition) is 9. The number of anilines is 1. The summed E-state index contributed by atoms with van der Waals surface area (Å²) in [6, 6.07) is 9.47. The maximum absolute atomic E-state index is 12.6. The van der Waals surface area contributed by atoms with Crippen molar-refractivity contribution in [2.75, 3.05) is 31.9 Å². The highest BCUT2D eigenvalue weighted by Crippen LogP contribution is 2.27. The summed E-state index contributed by atoms with van der Waals surface area (Å²) in [6.07, 6.45) is 0. The zero-order chi connectivity index (χ0) is 27.7. The van der Waals surface area contributed by atoms with E-state index in [1.54, 1.807) is 31.2 Å². The van der Waals surface area contributed by atoms with Gasteiger partial charge in [0.15, 0.2) is 22.5 Å². The van der Waals surface area contributed by atoms with Crippen LogP contribution in [0.3, 0.4) is 0 Å². The van der Waals surface area contributed by atoms with E-state index >= 15 is 0 Å². The van der Waals surface area contributed by atoms with Gasteiger partial charge >= 0.3 is 5.97 Å². The minimum Gasteiger partial charge on any atom is -0.493 e. The molecule has 0 radical (unpaired) electrons. The Kier molecular flexibility index (Phi) is 10.4. The molecule has 0 unspecified atom stereocenters. The molecule has 0 spiro atoms. The fraction of sp³-hybridized carbons (Fsp3) is 0.320. The molecule has 1 aromatic heterocycles. The van der Waals surface area contributed by atoms with E-state index in [0.29, 0.717) is 40.3 Å². The number of ether oxygens (including phenoxy) is 3. The summed E-state index contributed by atoms with van der Waals surface area (Å²) in [7, 11) is 3.02. The zero-order valence-electron chi connectivity index (χ0n) is 21.4. The lowest BCUT2D eigenvalue weighted by molar-refractivity contribution is -0.113. The summed E-state index contributed by atoms with van der Waals surface area (Å²) in [4.78, 5) is 37.2. The van der Waals surface area contributed by atoms with Crippen molar-refractivity contribution in [2.45, 2.75) is 32.1 Å². The molecule has 2 amide bonds. The molecule has 0 aliphatic heterocycles. The Labute approximate surface area is 229 Å². The summed E-state index contributed by atoms with van der Waals surface area (Å²) in [5.41, 5.74) is 0.993. The molecular weight excluding hydrogens is 534 g/mol. The summed E-state index contributed by atoms with van der Waals surface area (Å²) in [6.45, 7) is 4.50. The van der Waals surface area contributed by atoms with Crippen molar-refractivity contribution in [1.29, 1.82) is 0 Å². The molecule has 0 atom stereocenters. The quantitative estimate of drug-likeness (QED) is 0.250. The number of benzene rings is 2. The molecule has 1 heterocycles. The van der Waals surface area contributed by atoms with Crippen molar-refractivity contribution in [3.63, 3.8) is 0 Å². The Balaban J connectivity index is 1.59. The van der Waals surface area contributed by atoms with Gasteiger partial charge in [0.25, 0.3) is 5.91 Å². The van der Waals surface area contributed by atoms with E-state index in [4.69, 9.17) is 25.8 Å². The van der Waals surface area contributed by atoms with Crippen molar-refractivity contribution in [2.24, 2.45) is 0 Å². The number of halogens is 1. The first kappa shape index (κ1) is 28.8. The van der Waals surface area contributed by atoms with Crippen LogP contribution in [0.1, 0.15) is 40.4 Å². The number of nitrogens with zero attached hydrogens (tertiary/aromatic N) is 3. The lowest BCUT2D eigenvalue weighted by Gasteiger charge is -2.11. The van der Waals surface area contributed by atoms with Gasteiger partial charge in [-0.1, -0.05) is 23.4 Å². The largest absolute Gasteiger partial charge is 0.493 e. The van der Waals surface area contributed by atoms with Crippen LogP contribution in [0.25, 0.3) is 0 Å². The Bertz CT molecular complexity index is 1320.